The van der Waals surface area contributed by atoms with E-state index < -0.39 is 17.7 Å². The molecule has 0 aromatic rings. The summed E-state index contributed by atoms with van der Waals surface area (Å²) in [6, 6.07) is 0. The van der Waals surface area contributed by atoms with E-state index in [1.807, 2.05) is 0 Å². The fourth-order valence-corrected chi connectivity index (χ4v) is 5.85. The number of hydrogen-bond donors (Lipinski definition) is 6. The highest BCUT2D eigenvalue weighted by Crippen LogP contribution is 2.43. The van der Waals surface area contributed by atoms with E-state index >= 15 is 0 Å². The van der Waals surface area contributed by atoms with Gasteiger partial charge in [-0.25, -0.2) is 15.2 Å². The Balaban J connectivity index is 1.38. The van der Waals surface area contributed by atoms with Gasteiger partial charge in [-0.3, -0.25) is 44.4 Å². The Hall–Kier alpha value is -3.56. The molecule has 1 saturated carbocycles. The van der Waals surface area contributed by atoms with E-state index in [1.54, 1.807) is 0 Å². The number of nitrogens with one attached hydrogen (secondary N) is 3. The summed E-state index contributed by atoms with van der Waals surface area (Å²) in [6.45, 7) is 3.14. The molecule has 0 aromatic heterocycles. The normalized spacial score (nSPS) is 17.5. The molecule has 0 saturated heterocycles. The Morgan fingerprint density at radius 2 is 1.04 bits per heavy atom. The molecule has 2 bridgehead atoms. The second-order valence-electron chi connectivity index (χ2n) is 12.7. The second-order valence-corrected chi connectivity index (χ2v) is 12.7. The van der Waals surface area contributed by atoms with Crippen LogP contribution in [0.3, 0.4) is 0 Å². The summed E-state index contributed by atoms with van der Waals surface area (Å²) in [5, 5.41) is 39.5. The second kappa shape index (κ2) is 22.9. The molecule has 2 aliphatic rings. The van der Waals surface area contributed by atoms with Crippen LogP contribution in [0.2, 0.25) is 0 Å². The molecule has 0 spiro atoms. The Morgan fingerprint density at radius 1 is 0.583 bits per heavy atom. The standard InChI is InChI=1S/C33H56N6O9/c1-25(40)37(46)20-8-2-5-17-34-29(41)13-15-31(43)38(47)21-9-3-6-18-35-30(42)14-16-32(44)39(48)22-10-4-7-19-36-33(45)28-24-26-11-12-27(28)23-26/h11-12,26-28,46-48H,2-10,13-24H2,1H3,(H,34,41)(H,35,42)(H,36,45)/t26-,27-,28-/m0/s1. The first-order chi connectivity index (χ1) is 23.0. The highest BCUT2D eigenvalue weighted by atomic mass is 16.5. The van der Waals surface area contributed by atoms with Crippen LogP contribution in [0.15, 0.2) is 12.2 Å². The molecule has 0 radical (unpaired) electrons. The van der Waals surface area contributed by atoms with Gasteiger partial charge in [0, 0.05) is 77.8 Å². The van der Waals surface area contributed by atoms with Crippen molar-refractivity contribution in [3.8, 4) is 0 Å². The molecule has 2 aliphatic carbocycles. The van der Waals surface area contributed by atoms with Crippen molar-refractivity contribution < 1.29 is 44.4 Å². The minimum atomic E-state index is -0.555. The quantitative estimate of drug-likeness (QED) is 0.0361. The maximum Gasteiger partial charge on any atom is 0.246 e. The molecule has 1 fully saturated rings. The fourth-order valence-electron chi connectivity index (χ4n) is 5.85. The molecular formula is C33H56N6O9. The van der Waals surface area contributed by atoms with Crippen LogP contribution in [-0.4, -0.2) is 106 Å². The first kappa shape index (κ1) is 40.6. The smallest absolute Gasteiger partial charge is 0.246 e. The average Bonchev–Trinajstić information content (AvgIpc) is 3.71. The van der Waals surface area contributed by atoms with E-state index in [9.17, 15) is 44.4 Å². The summed E-state index contributed by atoms with van der Waals surface area (Å²) in [4.78, 5) is 71.4. The van der Waals surface area contributed by atoms with E-state index in [1.165, 1.54) is 6.92 Å². The highest BCUT2D eigenvalue weighted by molar-refractivity contribution is 5.84. The summed E-state index contributed by atoms with van der Waals surface area (Å²) in [5.41, 5.74) is 0. The maximum absolute atomic E-state index is 12.3. The number of carbonyl (C=O) groups is 6. The molecule has 272 valence electrons. The maximum atomic E-state index is 12.3. The van der Waals surface area contributed by atoms with Gasteiger partial charge >= 0.3 is 0 Å². The van der Waals surface area contributed by atoms with Gasteiger partial charge in [-0.2, -0.15) is 0 Å². The average molecular weight is 681 g/mol. The zero-order valence-corrected chi connectivity index (χ0v) is 28.4. The number of allylic oxidation sites excluding steroid dienone is 2. The van der Waals surface area contributed by atoms with Gasteiger partial charge in [0.1, 0.15) is 0 Å². The van der Waals surface area contributed by atoms with Crippen molar-refractivity contribution in [3.05, 3.63) is 12.2 Å². The minimum absolute atomic E-state index is 0.0454. The van der Waals surface area contributed by atoms with Crippen LogP contribution in [0.5, 0.6) is 0 Å². The molecule has 0 unspecified atom stereocenters. The predicted molar refractivity (Wildman–Crippen MR) is 174 cm³/mol. The number of amides is 6. The molecule has 6 amide bonds. The molecule has 6 N–H and O–H groups in total. The molecule has 15 heteroatoms. The molecule has 48 heavy (non-hydrogen) atoms. The van der Waals surface area contributed by atoms with Gasteiger partial charge in [0.2, 0.25) is 35.4 Å². The Morgan fingerprint density at radius 3 is 1.46 bits per heavy atom. The molecule has 0 aliphatic heterocycles. The number of rotatable bonds is 25. The molecule has 0 heterocycles. The van der Waals surface area contributed by atoms with Gasteiger partial charge in [0.25, 0.3) is 0 Å². The van der Waals surface area contributed by atoms with E-state index in [2.05, 4.69) is 28.1 Å². The van der Waals surface area contributed by atoms with E-state index in [4.69, 9.17) is 0 Å². The van der Waals surface area contributed by atoms with Gasteiger partial charge in [0.15, 0.2) is 0 Å². The van der Waals surface area contributed by atoms with E-state index in [0.717, 1.165) is 25.7 Å². The summed E-state index contributed by atoms with van der Waals surface area (Å²) in [7, 11) is 0. The van der Waals surface area contributed by atoms with Gasteiger partial charge in [0.05, 0.1) is 0 Å². The fraction of sp³-hybridized carbons (Fsp3) is 0.758. The zero-order valence-electron chi connectivity index (χ0n) is 28.4. The summed E-state index contributed by atoms with van der Waals surface area (Å²) < 4.78 is 0. The number of unbranched alkanes of at least 4 members (excludes halogenated alkanes) is 6. The van der Waals surface area contributed by atoms with Crippen molar-refractivity contribution in [2.75, 3.05) is 39.3 Å². The van der Waals surface area contributed by atoms with Crippen LogP contribution in [0.1, 0.15) is 103 Å². The number of hydroxylamine groups is 6. The van der Waals surface area contributed by atoms with Crippen molar-refractivity contribution in [2.45, 2.75) is 103 Å². The summed E-state index contributed by atoms with van der Waals surface area (Å²) >= 11 is 0. The van der Waals surface area contributed by atoms with Crippen LogP contribution in [-0.2, 0) is 28.8 Å². The van der Waals surface area contributed by atoms with Crippen molar-refractivity contribution >= 4 is 35.4 Å². The van der Waals surface area contributed by atoms with Gasteiger partial charge < -0.3 is 16.0 Å². The zero-order chi connectivity index (χ0) is 35.3. The van der Waals surface area contributed by atoms with Gasteiger partial charge in [-0.15, -0.1) is 0 Å². The molecule has 0 aromatic carbocycles. The van der Waals surface area contributed by atoms with Crippen molar-refractivity contribution in [3.63, 3.8) is 0 Å². The lowest BCUT2D eigenvalue weighted by Crippen LogP contribution is -2.33. The Labute approximate surface area is 283 Å². The number of fused-ring (bicyclic) bond motifs is 2. The van der Waals surface area contributed by atoms with Crippen LogP contribution >= 0.6 is 0 Å². The van der Waals surface area contributed by atoms with Crippen molar-refractivity contribution in [2.24, 2.45) is 17.8 Å². The van der Waals surface area contributed by atoms with Crippen LogP contribution in [0.25, 0.3) is 0 Å². The summed E-state index contributed by atoms with van der Waals surface area (Å²) in [5.74, 6) is -0.963. The van der Waals surface area contributed by atoms with Gasteiger partial charge in [-0.05, 0) is 82.5 Å². The Bertz CT molecular complexity index is 1090. The number of nitrogens with zero attached hydrogens (tertiary/aromatic N) is 3. The predicted octanol–water partition coefficient (Wildman–Crippen LogP) is 2.29. The van der Waals surface area contributed by atoms with Crippen LogP contribution in [0, 0.1) is 17.8 Å². The van der Waals surface area contributed by atoms with Crippen molar-refractivity contribution in [1.82, 2.24) is 31.1 Å². The third-order valence-corrected chi connectivity index (χ3v) is 8.77. The molecule has 15 nitrogen and oxygen atoms in total. The SMILES string of the molecule is CC(=O)N(O)CCCCCNC(=O)CCC(=O)N(O)CCCCCNC(=O)CCC(=O)N(O)CCCCCNC(=O)[C@H]1C[C@H]2C=C[C@H]1C2. The lowest BCUT2D eigenvalue weighted by atomic mass is 9.93. The van der Waals surface area contributed by atoms with E-state index in [0.29, 0.717) is 91.6 Å². The lowest BCUT2D eigenvalue weighted by molar-refractivity contribution is -0.166. The third-order valence-electron chi connectivity index (χ3n) is 8.77. The first-order valence-corrected chi connectivity index (χ1v) is 17.4. The minimum Gasteiger partial charge on any atom is -0.356 e. The van der Waals surface area contributed by atoms with E-state index in [-0.39, 0.29) is 69.0 Å². The molecule has 2 rings (SSSR count). The number of carbonyl (C=O) groups excluding carboxylic acids is 6. The highest BCUT2D eigenvalue weighted by Gasteiger charge is 2.39. The van der Waals surface area contributed by atoms with Gasteiger partial charge in [-0.1, -0.05) is 12.2 Å². The molecular weight excluding hydrogens is 624 g/mol. The Kier molecular flexibility index (Phi) is 19.4. The largest absolute Gasteiger partial charge is 0.356 e. The monoisotopic (exact) mass is 680 g/mol. The summed E-state index contributed by atoms with van der Waals surface area (Å²) in [6.07, 6.45) is 11.9. The van der Waals surface area contributed by atoms with Crippen LogP contribution in [0.4, 0.5) is 0 Å². The first-order valence-electron chi connectivity index (χ1n) is 17.4. The lowest BCUT2D eigenvalue weighted by Gasteiger charge is -2.17. The third kappa shape index (κ3) is 16.5. The topological polar surface area (TPSA) is 209 Å². The number of hydrogen-bond acceptors (Lipinski definition) is 9. The van der Waals surface area contributed by atoms with Crippen molar-refractivity contribution in [1.29, 1.82) is 0 Å². The molecule has 3 atom stereocenters. The van der Waals surface area contributed by atoms with Crippen LogP contribution < -0.4 is 16.0 Å².